The van der Waals surface area contributed by atoms with Crippen molar-refractivity contribution in [3.63, 3.8) is 0 Å². The molecule has 0 fully saturated rings. The van der Waals surface area contributed by atoms with Crippen LogP contribution in [-0.4, -0.2) is 18.9 Å². The Morgan fingerprint density at radius 1 is 1.53 bits per heavy atom. The summed E-state index contributed by atoms with van der Waals surface area (Å²) in [5, 5.41) is 11.5. The number of nitriles is 1. The van der Waals surface area contributed by atoms with Crippen molar-refractivity contribution < 1.29 is 4.79 Å². The smallest absolute Gasteiger partial charge is 0.156 e. The second-order valence-electron chi connectivity index (χ2n) is 4.87. The van der Waals surface area contributed by atoms with Crippen LogP contribution >= 0.6 is 0 Å². The highest BCUT2D eigenvalue weighted by Crippen LogP contribution is 2.33. The molecular formula is C12H18N2O. The number of nitrogens with zero attached hydrogens (tertiary/aromatic N) is 1. The molecule has 0 saturated carbocycles. The summed E-state index contributed by atoms with van der Waals surface area (Å²) in [6, 6.07) is 2.08. The molecule has 0 spiro atoms. The molecule has 0 atom stereocenters. The van der Waals surface area contributed by atoms with Crippen LogP contribution < -0.4 is 5.32 Å². The molecule has 1 N–H and O–H groups in total. The fourth-order valence-corrected chi connectivity index (χ4v) is 1.99. The highest BCUT2D eigenvalue weighted by Gasteiger charge is 2.26. The van der Waals surface area contributed by atoms with Gasteiger partial charge in [-0.2, -0.15) is 5.26 Å². The standard InChI is InChI=1S/C12H18N2O/c1-12(2)7-10(6-11(15)8-12)9-14-5-3-4-13/h6,14H,3,5,7-9H2,1-2H3. The first-order valence-corrected chi connectivity index (χ1v) is 5.33. The van der Waals surface area contributed by atoms with Crippen molar-refractivity contribution in [2.75, 3.05) is 13.1 Å². The quantitative estimate of drug-likeness (QED) is 0.714. The van der Waals surface area contributed by atoms with E-state index in [0.717, 1.165) is 18.5 Å². The van der Waals surface area contributed by atoms with Gasteiger partial charge in [-0.1, -0.05) is 19.4 Å². The molecule has 0 aromatic carbocycles. The van der Waals surface area contributed by atoms with Crippen molar-refractivity contribution in [3.05, 3.63) is 11.6 Å². The van der Waals surface area contributed by atoms with Crippen molar-refractivity contribution in [2.24, 2.45) is 5.41 Å². The van der Waals surface area contributed by atoms with E-state index < -0.39 is 0 Å². The molecule has 82 valence electrons. The van der Waals surface area contributed by atoms with Crippen LogP contribution in [0.25, 0.3) is 0 Å². The summed E-state index contributed by atoms with van der Waals surface area (Å²) >= 11 is 0. The summed E-state index contributed by atoms with van der Waals surface area (Å²) in [6.07, 6.45) is 3.89. The summed E-state index contributed by atoms with van der Waals surface area (Å²) in [4.78, 5) is 11.4. The second kappa shape index (κ2) is 5.09. The molecule has 0 aromatic rings. The Hall–Kier alpha value is -1.14. The van der Waals surface area contributed by atoms with Crippen molar-refractivity contribution in [1.29, 1.82) is 5.26 Å². The van der Waals surface area contributed by atoms with Gasteiger partial charge in [0.15, 0.2) is 5.78 Å². The summed E-state index contributed by atoms with van der Waals surface area (Å²) in [5.41, 5.74) is 1.26. The number of carbonyl (C=O) groups is 1. The fraction of sp³-hybridized carbons (Fsp3) is 0.667. The molecule has 0 amide bonds. The molecule has 3 nitrogen and oxygen atoms in total. The maximum absolute atomic E-state index is 11.4. The lowest BCUT2D eigenvalue weighted by atomic mass is 9.77. The average molecular weight is 206 g/mol. The molecule has 0 aliphatic heterocycles. The van der Waals surface area contributed by atoms with Gasteiger partial charge in [-0.15, -0.1) is 0 Å². The van der Waals surface area contributed by atoms with Gasteiger partial charge in [-0.05, 0) is 17.9 Å². The summed E-state index contributed by atoms with van der Waals surface area (Å²) in [5.74, 6) is 0.225. The summed E-state index contributed by atoms with van der Waals surface area (Å²) < 4.78 is 0. The second-order valence-corrected chi connectivity index (χ2v) is 4.87. The maximum Gasteiger partial charge on any atom is 0.156 e. The number of carbonyl (C=O) groups excluding carboxylic acids is 1. The first-order valence-electron chi connectivity index (χ1n) is 5.33. The predicted octanol–water partition coefficient (Wildman–Crippen LogP) is 1.81. The molecule has 1 rings (SSSR count). The van der Waals surface area contributed by atoms with Gasteiger partial charge < -0.3 is 5.32 Å². The zero-order valence-electron chi connectivity index (χ0n) is 9.47. The van der Waals surface area contributed by atoms with Gasteiger partial charge in [-0.25, -0.2) is 0 Å². The molecule has 0 heterocycles. The van der Waals surface area contributed by atoms with E-state index >= 15 is 0 Å². The van der Waals surface area contributed by atoms with Crippen molar-refractivity contribution >= 4 is 5.78 Å². The lowest BCUT2D eigenvalue weighted by molar-refractivity contribution is -0.117. The van der Waals surface area contributed by atoms with Crippen LogP contribution in [0.5, 0.6) is 0 Å². The molecule has 0 aromatic heterocycles. The van der Waals surface area contributed by atoms with E-state index in [2.05, 4.69) is 25.2 Å². The van der Waals surface area contributed by atoms with Crippen LogP contribution in [-0.2, 0) is 4.79 Å². The molecule has 1 aliphatic rings. The van der Waals surface area contributed by atoms with Crippen molar-refractivity contribution in [3.8, 4) is 6.07 Å². The van der Waals surface area contributed by atoms with E-state index in [-0.39, 0.29) is 11.2 Å². The molecular weight excluding hydrogens is 188 g/mol. The molecule has 0 bridgehead atoms. The third kappa shape index (κ3) is 4.26. The topological polar surface area (TPSA) is 52.9 Å². The van der Waals surface area contributed by atoms with Crippen LogP contribution in [0, 0.1) is 16.7 Å². The first kappa shape index (κ1) is 11.9. The van der Waals surface area contributed by atoms with Crippen LogP contribution in [0.15, 0.2) is 11.6 Å². The van der Waals surface area contributed by atoms with Gasteiger partial charge in [-0.3, -0.25) is 4.79 Å². The number of hydrogen-bond donors (Lipinski definition) is 1. The van der Waals surface area contributed by atoms with Gasteiger partial charge in [0.25, 0.3) is 0 Å². The van der Waals surface area contributed by atoms with Gasteiger partial charge >= 0.3 is 0 Å². The Balaban J connectivity index is 2.42. The van der Waals surface area contributed by atoms with Crippen LogP contribution in [0.1, 0.15) is 33.1 Å². The molecule has 0 unspecified atom stereocenters. The van der Waals surface area contributed by atoms with E-state index in [1.54, 1.807) is 6.08 Å². The Kier molecular flexibility index (Phi) is 4.05. The van der Waals surface area contributed by atoms with E-state index in [1.165, 1.54) is 0 Å². The minimum atomic E-state index is 0.0953. The normalized spacial score (nSPS) is 19.5. The monoisotopic (exact) mass is 206 g/mol. The largest absolute Gasteiger partial charge is 0.312 e. The lowest BCUT2D eigenvalue weighted by Crippen LogP contribution is -2.27. The molecule has 0 radical (unpaired) electrons. The van der Waals surface area contributed by atoms with E-state index in [1.807, 2.05) is 0 Å². The van der Waals surface area contributed by atoms with Crippen molar-refractivity contribution in [2.45, 2.75) is 33.1 Å². The van der Waals surface area contributed by atoms with Gasteiger partial charge in [0.2, 0.25) is 0 Å². The Bertz CT molecular complexity index is 310. The molecule has 1 aliphatic carbocycles. The maximum atomic E-state index is 11.4. The van der Waals surface area contributed by atoms with Crippen LogP contribution in [0.4, 0.5) is 0 Å². The Morgan fingerprint density at radius 2 is 2.27 bits per heavy atom. The van der Waals surface area contributed by atoms with E-state index in [4.69, 9.17) is 5.26 Å². The van der Waals surface area contributed by atoms with E-state index in [0.29, 0.717) is 19.4 Å². The van der Waals surface area contributed by atoms with Gasteiger partial charge in [0.1, 0.15) is 0 Å². The zero-order valence-corrected chi connectivity index (χ0v) is 9.47. The minimum Gasteiger partial charge on any atom is -0.312 e. The first-order chi connectivity index (χ1) is 7.03. The minimum absolute atomic E-state index is 0.0953. The predicted molar refractivity (Wildman–Crippen MR) is 59.2 cm³/mol. The number of allylic oxidation sites excluding steroid dienone is 1. The highest BCUT2D eigenvalue weighted by molar-refractivity contribution is 5.91. The summed E-state index contributed by atoms with van der Waals surface area (Å²) in [6.45, 7) is 5.67. The van der Waals surface area contributed by atoms with Gasteiger partial charge in [0.05, 0.1) is 6.07 Å². The third-order valence-corrected chi connectivity index (χ3v) is 2.49. The van der Waals surface area contributed by atoms with Crippen molar-refractivity contribution in [1.82, 2.24) is 5.32 Å². The SMILES string of the molecule is CC1(C)CC(=O)C=C(CNCCC#N)C1. The highest BCUT2D eigenvalue weighted by atomic mass is 16.1. The molecule has 3 heteroatoms. The number of nitrogens with one attached hydrogen (secondary N) is 1. The Labute approximate surface area is 91.2 Å². The third-order valence-electron chi connectivity index (χ3n) is 2.49. The number of rotatable bonds is 4. The Morgan fingerprint density at radius 3 is 2.87 bits per heavy atom. The zero-order chi connectivity index (χ0) is 11.3. The van der Waals surface area contributed by atoms with Crippen LogP contribution in [0.3, 0.4) is 0 Å². The van der Waals surface area contributed by atoms with Gasteiger partial charge in [0, 0.05) is 25.9 Å². The fourth-order valence-electron chi connectivity index (χ4n) is 1.99. The summed E-state index contributed by atoms with van der Waals surface area (Å²) in [7, 11) is 0. The number of hydrogen-bond acceptors (Lipinski definition) is 3. The lowest BCUT2D eigenvalue weighted by Gasteiger charge is -2.28. The van der Waals surface area contributed by atoms with Crippen LogP contribution in [0.2, 0.25) is 0 Å². The average Bonchev–Trinajstić information content (AvgIpc) is 2.09. The molecule has 15 heavy (non-hydrogen) atoms. The molecule has 0 saturated heterocycles. The van der Waals surface area contributed by atoms with E-state index in [9.17, 15) is 4.79 Å². The number of ketones is 1.